The molecule has 1 rings (SSSR count). The van der Waals surface area contributed by atoms with E-state index in [-0.39, 0.29) is 5.91 Å². The van der Waals surface area contributed by atoms with Crippen molar-refractivity contribution in [2.45, 2.75) is 6.10 Å². The van der Waals surface area contributed by atoms with Crippen molar-refractivity contribution in [3.63, 3.8) is 0 Å². The van der Waals surface area contributed by atoms with Gasteiger partial charge in [-0.25, -0.2) is 0 Å². The zero-order valence-electron chi connectivity index (χ0n) is 9.68. The Hall–Kier alpha value is -1.39. The molecule has 0 heterocycles. The van der Waals surface area contributed by atoms with Crippen LogP contribution in [0.25, 0.3) is 0 Å². The summed E-state index contributed by atoms with van der Waals surface area (Å²) in [4.78, 5) is 13.3. The Bertz CT molecular complexity index is 327. The van der Waals surface area contributed by atoms with E-state index in [0.29, 0.717) is 18.7 Å². The van der Waals surface area contributed by atoms with E-state index in [4.69, 9.17) is 0 Å². The van der Waals surface area contributed by atoms with Crippen molar-refractivity contribution < 1.29 is 9.90 Å². The van der Waals surface area contributed by atoms with Gasteiger partial charge < -0.3 is 15.3 Å². The van der Waals surface area contributed by atoms with Gasteiger partial charge in [-0.15, -0.1) is 0 Å². The number of carbonyl (C=O) groups excluding carboxylic acids is 1. The number of hydrogen-bond donors (Lipinski definition) is 2. The van der Waals surface area contributed by atoms with Crippen LogP contribution in [0.2, 0.25) is 0 Å². The Labute approximate surface area is 95.9 Å². The molecule has 0 saturated heterocycles. The van der Waals surface area contributed by atoms with Gasteiger partial charge in [-0.3, -0.25) is 4.79 Å². The number of hydrogen-bond acceptors (Lipinski definition) is 3. The molecule has 0 aliphatic rings. The Balaban J connectivity index is 2.60. The van der Waals surface area contributed by atoms with Gasteiger partial charge in [0.1, 0.15) is 0 Å². The second-order valence-electron chi connectivity index (χ2n) is 3.68. The minimum atomic E-state index is -1.07. The van der Waals surface area contributed by atoms with Gasteiger partial charge in [0.15, 0.2) is 6.10 Å². The summed E-state index contributed by atoms with van der Waals surface area (Å²) < 4.78 is 0. The van der Waals surface area contributed by atoms with Crippen LogP contribution >= 0.6 is 0 Å². The minimum absolute atomic E-state index is 0.276. The van der Waals surface area contributed by atoms with E-state index < -0.39 is 6.10 Å². The van der Waals surface area contributed by atoms with Crippen molar-refractivity contribution in [2.24, 2.45) is 0 Å². The SMILES string of the molecule is CNCCN(C)C(=O)C(O)c1ccccc1. The Morgan fingerprint density at radius 2 is 2.06 bits per heavy atom. The lowest BCUT2D eigenvalue weighted by molar-refractivity contribution is -0.139. The monoisotopic (exact) mass is 222 g/mol. The summed E-state index contributed by atoms with van der Waals surface area (Å²) in [5.41, 5.74) is 0.629. The predicted molar refractivity (Wildman–Crippen MR) is 63.0 cm³/mol. The maximum atomic E-state index is 11.8. The minimum Gasteiger partial charge on any atom is -0.378 e. The molecule has 1 unspecified atom stereocenters. The number of aliphatic hydroxyl groups excluding tert-OH is 1. The molecule has 1 aromatic carbocycles. The Kier molecular flexibility index (Phi) is 4.95. The molecule has 0 fully saturated rings. The highest BCUT2D eigenvalue weighted by Gasteiger charge is 2.20. The topological polar surface area (TPSA) is 52.6 Å². The van der Waals surface area contributed by atoms with Gasteiger partial charge in [-0.2, -0.15) is 0 Å². The van der Waals surface area contributed by atoms with Gasteiger partial charge in [-0.05, 0) is 12.6 Å². The van der Waals surface area contributed by atoms with Gasteiger partial charge in [0.2, 0.25) is 0 Å². The van der Waals surface area contributed by atoms with Gasteiger partial charge in [0.05, 0.1) is 0 Å². The molecule has 1 atom stereocenters. The molecular formula is C12H18N2O2. The number of rotatable bonds is 5. The number of benzene rings is 1. The molecule has 88 valence electrons. The molecular weight excluding hydrogens is 204 g/mol. The maximum Gasteiger partial charge on any atom is 0.255 e. The lowest BCUT2D eigenvalue weighted by atomic mass is 10.1. The highest BCUT2D eigenvalue weighted by molar-refractivity contribution is 5.81. The zero-order valence-corrected chi connectivity index (χ0v) is 9.68. The number of amides is 1. The number of likely N-dealkylation sites (N-methyl/N-ethyl adjacent to an activating group) is 2. The first-order valence-corrected chi connectivity index (χ1v) is 5.29. The van der Waals surface area contributed by atoms with Crippen molar-refractivity contribution in [3.8, 4) is 0 Å². The largest absolute Gasteiger partial charge is 0.378 e. The van der Waals surface area contributed by atoms with Crippen LogP contribution in [0.1, 0.15) is 11.7 Å². The molecule has 1 amide bonds. The lowest BCUT2D eigenvalue weighted by Gasteiger charge is -2.20. The second-order valence-corrected chi connectivity index (χ2v) is 3.68. The number of nitrogens with zero attached hydrogens (tertiary/aromatic N) is 1. The van der Waals surface area contributed by atoms with Crippen molar-refractivity contribution >= 4 is 5.91 Å². The molecule has 4 heteroatoms. The van der Waals surface area contributed by atoms with E-state index in [1.165, 1.54) is 4.90 Å². The summed E-state index contributed by atoms with van der Waals surface area (Å²) in [5, 5.41) is 12.8. The molecule has 0 bridgehead atoms. The standard InChI is InChI=1S/C12H18N2O2/c1-13-8-9-14(2)12(16)11(15)10-6-4-3-5-7-10/h3-7,11,13,15H,8-9H2,1-2H3. The van der Waals surface area contributed by atoms with Gasteiger partial charge >= 0.3 is 0 Å². The van der Waals surface area contributed by atoms with E-state index in [1.54, 1.807) is 31.3 Å². The van der Waals surface area contributed by atoms with E-state index >= 15 is 0 Å². The van der Waals surface area contributed by atoms with Gasteiger partial charge in [-0.1, -0.05) is 30.3 Å². The number of aliphatic hydroxyl groups is 1. The number of nitrogens with one attached hydrogen (secondary N) is 1. The number of carbonyl (C=O) groups is 1. The fourth-order valence-corrected chi connectivity index (χ4v) is 1.38. The maximum absolute atomic E-state index is 11.8. The zero-order chi connectivity index (χ0) is 12.0. The van der Waals surface area contributed by atoms with E-state index in [9.17, 15) is 9.90 Å². The first-order valence-electron chi connectivity index (χ1n) is 5.29. The fraction of sp³-hybridized carbons (Fsp3) is 0.417. The highest BCUT2D eigenvalue weighted by Crippen LogP contribution is 2.14. The molecule has 16 heavy (non-hydrogen) atoms. The highest BCUT2D eigenvalue weighted by atomic mass is 16.3. The molecule has 1 aromatic rings. The quantitative estimate of drug-likeness (QED) is 0.758. The summed E-state index contributed by atoms with van der Waals surface area (Å²) in [7, 11) is 3.51. The van der Waals surface area contributed by atoms with Crippen molar-refractivity contribution in [1.29, 1.82) is 0 Å². The first-order chi connectivity index (χ1) is 7.66. The summed E-state index contributed by atoms with van der Waals surface area (Å²) in [5.74, 6) is -0.276. The first kappa shape index (κ1) is 12.7. The van der Waals surface area contributed by atoms with E-state index in [2.05, 4.69) is 5.32 Å². The second kappa shape index (κ2) is 6.25. The van der Waals surface area contributed by atoms with E-state index in [0.717, 1.165) is 0 Å². The molecule has 2 N–H and O–H groups in total. The molecule has 0 spiro atoms. The molecule has 0 aliphatic heterocycles. The third-order valence-corrected chi connectivity index (χ3v) is 2.42. The molecule has 4 nitrogen and oxygen atoms in total. The van der Waals surface area contributed by atoms with Crippen LogP contribution in [-0.2, 0) is 4.79 Å². The molecule has 0 aromatic heterocycles. The third-order valence-electron chi connectivity index (χ3n) is 2.42. The van der Waals surface area contributed by atoms with Crippen LogP contribution in [0, 0.1) is 0 Å². The van der Waals surface area contributed by atoms with Crippen LogP contribution in [0.3, 0.4) is 0 Å². The summed E-state index contributed by atoms with van der Waals surface area (Å²) in [6.45, 7) is 1.29. The predicted octanol–water partition coefficient (Wildman–Crippen LogP) is 0.398. The van der Waals surface area contributed by atoms with Crippen LogP contribution in [0.15, 0.2) is 30.3 Å². The summed E-state index contributed by atoms with van der Waals surface area (Å²) >= 11 is 0. The van der Waals surface area contributed by atoms with Crippen LogP contribution in [-0.4, -0.2) is 43.1 Å². The third kappa shape index (κ3) is 3.32. The molecule has 0 saturated carbocycles. The van der Waals surface area contributed by atoms with Gasteiger partial charge in [0.25, 0.3) is 5.91 Å². The summed E-state index contributed by atoms with van der Waals surface area (Å²) in [6, 6.07) is 8.95. The van der Waals surface area contributed by atoms with Gasteiger partial charge in [0, 0.05) is 20.1 Å². The molecule has 0 radical (unpaired) electrons. The normalized spacial score (nSPS) is 12.2. The lowest BCUT2D eigenvalue weighted by Crippen LogP contribution is -2.36. The van der Waals surface area contributed by atoms with E-state index in [1.807, 2.05) is 13.1 Å². The smallest absolute Gasteiger partial charge is 0.255 e. The Morgan fingerprint density at radius 1 is 1.44 bits per heavy atom. The van der Waals surface area contributed by atoms with Crippen molar-refractivity contribution in [2.75, 3.05) is 27.2 Å². The average molecular weight is 222 g/mol. The fourth-order valence-electron chi connectivity index (χ4n) is 1.38. The average Bonchev–Trinajstić information content (AvgIpc) is 2.35. The van der Waals surface area contributed by atoms with Crippen molar-refractivity contribution in [1.82, 2.24) is 10.2 Å². The summed E-state index contributed by atoms with van der Waals surface area (Å²) in [6.07, 6.45) is -1.07. The molecule has 0 aliphatic carbocycles. The van der Waals surface area contributed by atoms with Crippen LogP contribution in [0.5, 0.6) is 0 Å². The van der Waals surface area contributed by atoms with Crippen LogP contribution < -0.4 is 5.32 Å². The Morgan fingerprint density at radius 3 is 2.62 bits per heavy atom. The van der Waals surface area contributed by atoms with Crippen LogP contribution in [0.4, 0.5) is 0 Å². The van der Waals surface area contributed by atoms with Crippen molar-refractivity contribution in [3.05, 3.63) is 35.9 Å².